The molecule has 1 aliphatic rings. The number of nitrogens with one attached hydrogen (secondary N) is 1. The normalized spacial score (nSPS) is 24.2. The van der Waals surface area contributed by atoms with Crippen LogP contribution in [-0.4, -0.2) is 30.8 Å². The number of thiazole rings is 1. The van der Waals surface area contributed by atoms with Crippen LogP contribution in [0.4, 0.5) is 5.95 Å². The Morgan fingerprint density at radius 1 is 1.52 bits per heavy atom. The molecule has 0 amide bonds. The van der Waals surface area contributed by atoms with Crippen molar-refractivity contribution >= 4 is 50.2 Å². The molecular weight excluding hydrogens is 441 g/mol. The highest BCUT2D eigenvalue weighted by molar-refractivity contribution is 14.1. The van der Waals surface area contributed by atoms with Gasteiger partial charge in [0.1, 0.15) is 11.2 Å². The molecule has 3 atom stereocenters. The molecule has 0 spiro atoms. The Kier molecular flexibility index (Phi) is 4.35. The van der Waals surface area contributed by atoms with Crippen molar-refractivity contribution in [3.63, 3.8) is 0 Å². The molecule has 3 rings (SSSR count). The number of aromatic nitrogens is 3. The summed E-state index contributed by atoms with van der Waals surface area (Å²) in [5.74, 6) is 10.8. The van der Waals surface area contributed by atoms with Crippen LogP contribution >= 0.6 is 33.9 Å². The topological polar surface area (TPSA) is 160 Å². The second-order valence-corrected chi connectivity index (χ2v) is 7.42. The fraction of sp³-hybridized carbons (Fsp3) is 0.500. The van der Waals surface area contributed by atoms with Crippen LogP contribution in [0.3, 0.4) is 0 Å². The highest BCUT2D eigenvalue weighted by atomic mass is 127. The third-order valence-corrected chi connectivity index (χ3v) is 5.52. The summed E-state index contributed by atoms with van der Waals surface area (Å²) in [7, 11) is 0. The van der Waals surface area contributed by atoms with Gasteiger partial charge in [-0.1, -0.05) is 39.1 Å². The predicted octanol–water partition coefficient (Wildman–Crippen LogP) is -0.523. The fourth-order valence-electron chi connectivity index (χ4n) is 2.44. The SMILES string of the molecule is NNc1nc2c(sc(=O)n2[C@@H]2O[C@H](CN=O)C[C@H]2I)c(=O)n1N. The Morgan fingerprint density at radius 3 is 2.91 bits per heavy atom. The van der Waals surface area contributed by atoms with Crippen LogP contribution in [-0.2, 0) is 4.74 Å². The van der Waals surface area contributed by atoms with Crippen LogP contribution in [0, 0.1) is 4.91 Å². The molecule has 0 bridgehead atoms. The molecule has 0 aliphatic carbocycles. The number of nitrogen functional groups attached to an aromatic ring is 2. The largest absolute Gasteiger partial charge is 0.351 e. The first kappa shape index (κ1) is 16.3. The van der Waals surface area contributed by atoms with Gasteiger partial charge in [0.2, 0.25) is 5.95 Å². The van der Waals surface area contributed by atoms with Gasteiger partial charge in [-0.3, -0.25) is 19.6 Å². The fourth-order valence-corrected chi connectivity index (χ4v) is 4.38. The minimum absolute atomic E-state index is 0.00542. The van der Waals surface area contributed by atoms with Gasteiger partial charge in [0.05, 0.1) is 10.0 Å². The monoisotopic (exact) mass is 453 g/mol. The Hall–Kier alpha value is -1.58. The molecule has 5 N–H and O–H groups in total. The van der Waals surface area contributed by atoms with Crippen molar-refractivity contribution in [1.82, 2.24) is 14.2 Å². The molecule has 11 nitrogen and oxygen atoms in total. The second-order valence-electron chi connectivity index (χ2n) is 4.86. The predicted molar refractivity (Wildman–Crippen MR) is 93.1 cm³/mol. The first-order valence-corrected chi connectivity index (χ1v) is 8.52. The molecule has 0 saturated carbocycles. The number of hydrogen-bond acceptors (Lipinski definition) is 10. The van der Waals surface area contributed by atoms with Crippen molar-refractivity contribution in [2.24, 2.45) is 11.0 Å². The lowest BCUT2D eigenvalue weighted by atomic mass is 10.2. The van der Waals surface area contributed by atoms with Crippen molar-refractivity contribution in [2.75, 3.05) is 17.8 Å². The van der Waals surface area contributed by atoms with E-state index in [0.29, 0.717) is 6.42 Å². The molecule has 23 heavy (non-hydrogen) atoms. The number of anilines is 1. The average molecular weight is 453 g/mol. The Balaban J connectivity index is 2.17. The summed E-state index contributed by atoms with van der Waals surface area (Å²) in [6.45, 7) is 0.00542. The summed E-state index contributed by atoms with van der Waals surface area (Å²) in [5.41, 5.74) is 1.77. The van der Waals surface area contributed by atoms with E-state index in [1.54, 1.807) is 0 Å². The van der Waals surface area contributed by atoms with E-state index >= 15 is 0 Å². The van der Waals surface area contributed by atoms with Crippen LogP contribution in [0.15, 0.2) is 14.8 Å². The number of nitroso groups, excluding NO2 is 1. The van der Waals surface area contributed by atoms with Crippen molar-refractivity contribution in [2.45, 2.75) is 22.7 Å². The summed E-state index contributed by atoms with van der Waals surface area (Å²) in [6.07, 6.45) is -0.450. The van der Waals surface area contributed by atoms with Crippen molar-refractivity contribution in [3.05, 3.63) is 24.9 Å². The van der Waals surface area contributed by atoms with E-state index in [0.717, 1.165) is 16.0 Å². The van der Waals surface area contributed by atoms with Gasteiger partial charge in [-0.05, 0) is 6.42 Å². The number of alkyl halides is 1. The Bertz CT molecular complexity index is 876. The average Bonchev–Trinajstić information content (AvgIpc) is 3.03. The lowest BCUT2D eigenvalue weighted by Crippen LogP contribution is -2.33. The number of nitrogens with two attached hydrogens (primary N) is 2. The summed E-state index contributed by atoms with van der Waals surface area (Å²) in [4.78, 5) is 38.7. The molecule has 2 aromatic heterocycles. The van der Waals surface area contributed by atoms with Crippen LogP contribution in [0.2, 0.25) is 0 Å². The second kappa shape index (κ2) is 6.14. The van der Waals surface area contributed by atoms with Gasteiger partial charge < -0.3 is 10.6 Å². The summed E-state index contributed by atoms with van der Waals surface area (Å²) in [6, 6.07) is 0. The zero-order valence-electron chi connectivity index (χ0n) is 11.5. The van der Waals surface area contributed by atoms with Crippen LogP contribution in [0.25, 0.3) is 10.3 Å². The molecule has 1 fully saturated rings. The van der Waals surface area contributed by atoms with Gasteiger partial charge in [0.25, 0.3) is 5.56 Å². The van der Waals surface area contributed by atoms with E-state index in [1.165, 1.54) is 4.57 Å². The van der Waals surface area contributed by atoms with Crippen molar-refractivity contribution < 1.29 is 4.74 Å². The molecule has 2 aromatic rings. The molecule has 124 valence electrons. The standard InChI is InChI=1S/C10H12IN7O4S/c11-4-1-3(2-14-21)22-8(4)17-6-5(23-10(17)20)7(19)18(13)9(15-6)16-12/h3-4,8H,1-2,12-13H2,(H,15,16)/t3-,4+,8+/m0/s1. The van der Waals surface area contributed by atoms with Crippen LogP contribution in [0.1, 0.15) is 12.6 Å². The van der Waals surface area contributed by atoms with E-state index in [4.69, 9.17) is 16.4 Å². The third-order valence-electron chi connectivity index (χ3n) is 3.46. The van der Waals surface area contributed by atoms with Gasteiger partial charge in [-0.2, -0.15) is 14.6 Å². The van der Waals surface area contributed by atoms with Gasteiger partial charge in [-0.15, -0.1) is 0 Å². The molecule has 3 heterocycles. The Labute approximate surface area is 145 Å². The maximum atomic E-state index is 12.3. The van der Waals surface area contributed by atoms with E-state index < -0.39 is 16.7 Å². The number of halogens is 1. The van der Waals surface area contributed by atoms with Crippen LogP contribution < -0.4 is 27.5 Å². The van der Waals surface area contributed by atoms with E-state index in [9.17, 15) is 14.5 Å². The lowest BCUT2D eigenvalue weighted by Gasteiger charge is -2.16. The molecule has 0 unspecified atom stereocenters. The van der Waals surface area contributed by atoms with Gasteiger partial charge in [0.15, 0.2) is 11.9 Å². The minimum Gasteiger partial charge on any atom is -0.351 e. The number of hydrazine groups is 1. The van der Waals surface area contributed by atoms with E-state index in [-0.39, 0.29) is 32.9 Å². The summed E-state index contributed by atoms with van der Waals surface area (Å²) >= 11 is 2.87. The van der Waals surface area contributed by atoms with E-state index in [2.05, 4.69) is 38.2 Å². The molecule has 0 radical (unpaired) electrons. The molecular formula is C10H12IN7O4S. The minimum atomic E-state index is -0.644. The lowest BCUT2D eigenvalue weighted by molar-refractivity contribution is 0.0106. The molecule has 0 aromatic carbocycles. The van der Waals surface area contributed by atoms with E-state index in [1.807, 2.05) is 0 Å². The number of ether oxygens (including phenoxy) is 1. The maximum absolute atomic E-state index is 12.3. The number of hydrogen-bond donors (Lipinski definition) is 3. The number of nitrogens with zero attached hydrogens (tertiary/aromatic N) is 4. The smallest absolute Gasteiger partial charge is 0.311 e. The van der Waals surface area contributed by atoms with Gasteiger partial charge in [0, 0.05) is 0 Å². The highest BCUT2D eigenvalue weighted by Crippen LogP contribution is 2.35. The van der Waals surface area contributed by atoms with Crippen molar-refractivity contribution in [1.29, 1.82) is 0 Å². The number of fused-ring (bicyclic) bond motifs is 1. The first-order chi connectivity index (χ1) is 11.0. The van der Waals surface area contributed by atoms with Gasteiger partial charge >= 0.3 is 4.87 Å². The third kappa shape index (κ3) is 2.62. The first-order valence-electron chi connectivity index (χ1n) is 6.46. The molecule has 1 saturated heterocycles. The molecule has 1 aliphatic heterocycles. The zero-order valence-corrected chi connectivity index (χ0v) is 14.5. The van der Waals surface area contributed by atoms with Crippen molar-refractivity contribution in [3.8, 4) is 0 Å². The highest BCUT2D eigenvalue weighted by Gasteiger charge is 2.37. The van der Waals surface area contributed by atoms with Crippen LogP contribution in [0.5, 0.6) is 0 Å². The Morgan fingerprint density at radius 2 is 2.26 bits per heavy atom. The quantitative estimate of drug-likeness (QED) is 0.183. The molecule has 13 heteroatoms. The summed E-state index contributed by atoms with van der Waals surface area (Å²) < 4.78 is 7.79. The zero-order chi connectivity index (χ0) is 16.7. The summed E-state index contributed by atoms with van der Waals surface area (Å²) in [5, 5.41) is 2.83. The maximum Gasteiger partial charge on any atom is 0.311 e. The number of rotatable bonds is 4. The van der Waals surface area contributed by atoms with Gasteiger partial charge in [-0.25, -0.2) is 5.84 Å².